The van der Waals surface area contributed by atoms with E-state index in [1.54, 1.807) is 29.1 Å². The fourth-order valence-electron chi connectivity index (χ4n) is 3.52. The van der Waals surface area contributed by atoms with Gasteiger partial charge in [-0.05, 0) is 31.2 Å². The van der Waals surface area contributed by atoms with E-state index in [4.69, 9.17) is 14.9 Å². The fourth-order valence-corrected chi connectivity index (χ4v) is 3.52. The van der Waals surface area contributed by atoms with Crippen molar-refractivity contribution in [3.63, 3.8) is 0 Å². The quantitative estimate of drug-likeness (QED) is 0.766. The number of carbonyl (C=O) groups excluding carboxylic acids is 1. The van der Waals surface area contributed by atoms with Gasteiger partial charge in [0.1, 0.15) is 23.0 Å². The molecule has 4 rings (SSSR count). The van der Waals surface area contributed by atoms with Crippen LogP contribution in [0.3, 0.4) is 0 Å². The highest BCUT2D eigenvalue weighted by Gasteiger charge is 2.36. The molecule has 1 saturated heterocycles. The molecule has 0 aliphatic carbocycles. The molecular weight excluding hydrogens is 344 g/mol. The molecule has 7 nitrogen and oxygen atoms in total. The van der Waals surface area contributed by atoms with E-state index in [9.17, 15) is 4.79 Å². The Morgan fingerprint density at radius 2 is 2.07 bits per heavy atom. The number of ether oxygens (including phenoxy) is 1. The zero-order valence-electron chi connectivity index (χ0n) is 15.3. The first-order chi connectivity index (χ1) is 13.1. The lowest BCUT2D eigenvalue weighted by Gasteiger charge is -2.14. The molecule has 3 aromatic rings. The van der Waals surface area contributed by atoms with E-state index in [0.717, 1.165) is 17.2 Å². The van der Waals surface area contributed by atoms with Crippen LogP contribution in [0.2, 0.25) is 0 Å². The molecule has 3 heterocycles. The third kappa shape index (κ3) is 3.21. The number of furan rings is 1. The summed E-state index contributed by atoms with van der Waals surface area (Å²) < 4.78 is 12.7. The van der Waals surface area contributed by atoms with Crippen LogP contribution in [0.1, 0.15) is 27.8 Å². The smallest absolute Gasteiger partial charge is 0.257 e. The van der Waals surface area contributed by atoms with Crippen molar-refractivity contribution < 1.29 is 13.9 Å². The Morgan fingerprint density at radius 3 is 2.81 bits per heavy atom. The van der Waals surface area contributed by atoms with Gasteiger partial charge in [-0.1, -0.05) is 12.1 Å². The molecule has 0 radical (unpaired) electrons. The van der Waals surface area contributed by atoms with Crippen LogP contribution in [-0.4, -0.2) is 46.8 Å². The van der Waals surface area contributed by atoms with E-state index in [0.29, 0.717) is 24.4 Å². The van der Waals surface area contributed by atoms with Gasteiger partial charge in [-0.15, -0.1) is 0 Å². The maximum Gasteiger partial charge on any atom is 0.257 e. The lowest BCUT2D eigenvalue weighted by molar-refractivity contribution is 0.0788. The molecule has 1 aromatic carbocycles. The normalized spacial score (nSPS) is 19.4. The molecule has 1 aliphatic rings. The van der Waals surface area contributed by atoms with Crippen LogP contribution in [0.25, 0.3) is 5.69 Å². The number of nitrogens with zero attached hydrogens (tertiary/aromatic N) is 3. The van der Waals surface area contributed by atoms with Gasteiger partial charge in [0, 0.05) is 25.3 Å². The van der Waals surface area contributed by atoms with Gasteiger partial charge in [0.05, 0.1) is 24.8 Å². The maximum atomic E-state index is 12.9. The SMILES string of the molecule is COc1ccccc1-n1cc(C(=O)N2C[C@H](c3ccc(C)o3)[C@@H](N)C2)cn1. The van der Waals surface area contributed by atoms with Crippen molar-refractivity contribution in [3.05, 3.63) is 65.9 Å². The zero-order chi connectivity index (χ0) is 19.0. The van der Waals surface area contributed by atoms with Crippen LogP contribution in [0.5, 0.6) is 5.75 Å². The van der Waals surface area contributed by atoms with Crippen LogP contribution in [0.15, 0.2) is 53.2 Å². The lowest BCUT2D eigenvalue weighted by Crippen LogP contribution is -2.32. The van der Waals surface area contributed by atoms with Crippen LogP contribution >= 0.6 is 0 Å². The van der Waals surface area contributed by atoms with Crippen molar-refractivity contribution >= 4 is 5.91 Å². The Kier molecular flexibility index (Phi) is 4.45. The Morgan fingerprint density at radius 1 is 1.26 bits per heavy atom. The molecule has 27 heavy (non-hydrogen) atoms. The second-order valence-electron chi connectivity index (χ2n) is 6.77. The molecule has 1 amide bonds. The highest BCUT2D eigenvalue weighted by molar-refractivity contribution is 5.94. The van der Waals surface area contributed by atoms with E-state index < -0.39 is 0 Å². The monoisotopic (exact) mass is 366 g/mol. The molecule has 0 saturated carbocycles. The highest BCUT2D eigenvalue weighted by atomic mass is 16.5. The summed E-state index contributed by atoms with van der Waals surface area (Å²) in [7, 11) is 1.61. The zero-order valence-corrected chi connectivity index (χ0v) is 15.3. The Bertz CT molecular complexity index is 962. The molecule has 0 unspecified atom stereocenters. The summed E-state index contributed by atoms with van der Waals surface area (Å²) in [5.74, 6) is 2.29. The van der Waals surface area contributed by atoms with Crippen molar-refractivity contribution in [2.75, 3.05) is 20.2 Å². The molecule has 2 N–H and O–H groups in total. The van der Waals surface area contributed by atoms with E-state index in [1.807, 2.05) is 43.3 Å². The summed E-state index contributed by atoms with van der Waals surface area (Å²) in [6, 6.07) is 11.2. The molecule has 1 fully saturated rings. The average molecular weight is 366 g/mol. The van der Waals surface area contributed by atoms with Gasteiger partial charge < -0.3 is 19.8 Å². The molecule has 2 aromatic heterocycles. The number of benzene rings is 1. The minimum Gasteiger partial charge on any atom is -0.494 e. The summed E-state index contributed by atoms with van der Waals surface area (Å²) in [5, 5.41) is 4.33. The predicted octanol–water partition coefficient (Wildman–Crippen LogP) is 2.35. The Balaban J connectivity index is 1.53. The van der Waals surface area contributed by atoms with E-state index in [2.05, 4.69) is 5.10 Å². The number of para-hydroxylation sites is 2. The van der Waals surface area contributed by atoms with Crippen LogP contribution in [0, 0.1) is 6.92 Å². The number of methoxy groups -OCH3 is 1. The summed E-state index contributed by atoms with van der Waals surface area (Å²) in [4.78, 5) is 14.7. The van der Waals surface area contributed by atoms with Gasteiger partial charge in [-0.25, -0.2) is 4.68 Å². The second kappa shape index (κ2) is 6.92. The maximum absolute atomic E-state index is 12.9. The third-order valence-corrected chi connectivity index (χ3v) is 4.94. The number of hydrogen-bond acceptors (Lipinski definition) is 5. The van der Waals surface area contributed by atoms with E-state index in [-0.39, 0.29) is 17.9 Å². The minimum absolute atomic E-state index is 0.00640. The second-order valence-corrected chi connectivity index (χ2v) is 6.77. The standard InChI is InChI=1S/C20H22N4O3/c1-13-7-8-18(27-13)15-11-23(12-16(15)21)20(25)14-9-22-24(10-14)17-5-3-4-6-19(17)26-2/h3-10,15-16H,11-12,21H2,1-2H3/t15-,16-/m0/s1. The van der Waals surface area contributed by atoms with Gasteiger partial charge in [0.25, 0.3) is 5.91 Å². The molecule has 0 spiro atoms. The average Bonchev–Trinajstić information content (AvgIpc) is 3.40. The van der Waals surface area contributed by atoms with Crippen LogP contribution in [0.4, 0.5) is 0 Å². The Hall–Kier alpha value is -3.06. The number of rotatable bonds is 4. The highest BCUT2D eigenvalue weighted by Crippen LogP contribution is 2.29. The molecular formula is C20H22N4O3. The molecule has 2 atom stereocenters. The number of aromatic nitrogens is 2. The van der Waals surface area contributed by atoms with Crippen LogP contribution < -0.4 is 10.5 Å². The van der Waals surface area contributed by atoms with Crippen molar-refractivity contribution in [2.24, 2.45) is 5.73 Å². The van der Waals surface area contributed by atoms with E-state index >= 15 is 0 Å². The third-order valence-electron chi connectivity index (χ3n) is 4.94. The van der Waals surface area contributed by atoms with Crippen molar-refractivity contribution in [3.8, 4) is 11.4 Å². The van der Waals surface area contributed by atoms with Crippen molar-refractivity contribution in [1.82, 2.24) is 14.7 Å². The topological polar surface area (TPSA) is 86.5 Å². The first-order valence-electron chi connectivity index (χ1n) is 8.86. The summed E-state index contributed by atoms with van der Waals surface area (Å²) in [6.07, 6.45) is 3.29. The number of likely N-dealkylation sites (tertiary alicyclic amines) is 1. The first kappa shape index (κ1) is 17.4. The van der Waals surface area contributed by atoms with Crippen molar-refractivity contribution in [1.29, 1.82) is 0 Å². The molecule has 0 bridgehead atoms. The largest absolute Gasteiger partial charge is 0.494 e. The number of amides is 1. The summed E-state index contributed by atoms with van der Waals surface area (Å²) >= 11 is 0. The van der Waals surface area contributed by atoms with Gasteiger partial charge in [-0.2, -0.15) is 5.10 Å². The molecule has 140 valence electrons. The number of aryl methyl sites for hydroxylation is 1. The molecule has 7 heteroatoms. The lowest BCUT2D eigenvalue weighted by atomic mass is 10.0. The predicted molar refractivity (Wildman–Crippen MR) is 100 cm³/mol. The van der Waals surface area contributed by atoms with Crippen LogP contribution in [-0.2, 0) is 0 Å². The Labute approximate surface area is 157 Å². The summed E-state index contributed by atoms with van der Waals surface area (Å²) in [5.41, 5.74) is 7.57. The summed E-state index contributed by atoms with van der Waals surface area (Å²) in [6.45, 7) is 2.93. The van der Waals surface area contributed by atoms with Gasteiger partial charge in [-0.3, -0.25) is 4.79 Å². The van der Waals surface area contributed by atoms with Gasteiger partial charge in [0.15, 0.2) is 0 Å². The van der Waals surface area contributed by atoms with Crippen molar-refractivity contribution in [2.45, 2.75) is 18.9 Å². The fraction of sp³-hybridized carbons (Fsp3) is 0.300. The number of hydrogen-bond donors (Lipinski definition) is 1. The van der Waals surface area contributed by atoms with Gasteiger partial charge in [0.2, 0.25) is 0 Å². The molecule has 1 aliphatic heterocycles. The minimum atomic E-state index is -0.149. The van der Waals surface area contributed by atoms with Gasteiger partial charge >= 0.3 is 0 Å². The number of carbonyl (C=O) groups is 1. The number of nitrogens with two attached hydrogens (primary N) is 1. The van der Waals surface area contributed by atoms with E-state index in [1.165, 1.54) is 0 Å². The first-order valence-corrected chi connectivity index (χ1v) is 8.86.